The third kappa shape index (κ3) is 5.73. The van der Waals surface area contributed by atoms with Crippen molar-refractivity contribution in [1.29, 1.82) is 0 Å². The molecular formula is C12H22F3NO. The van der Waals surface area contributed by atoms with Crippen molar-refractivity contribution in [2.45, 2.75) is 44.8 Å². The zero-order chi connectivity index (χ0) is 12.9. The van der Waals surface area contributed by atoms with Crippen LogP contribution in [0.3, 0.4) is 0 Å². The Hall–Kier alpha value is -0.290. The molecule has 0 aromatic rings. The van der Waals surface area contributed by atoms with E-state index in [1.165, 1.54) is 12.8 Å². The normalized spacial score (nSPS) is 28.1. The van der Waals surface area contributed by atoms with Crippen LogP contribution in [0.4, 0.5) is 13.2 Å². The number of hydrogen-bond acceptors (Lipinski definition) is 2. The molecule has 1 unspecified atom stereocenters. The highest BCUT2D eigenvalue weighted by molar-refractivity contribution is 4.80. The van der Waals surface area contributed by atoms with Gasteiger partial charge in [0.15, 0.2) is 0 Å². The minimum atomic E-state index is -4.22. The van der Waals surface area contributed by atoms with E-state index in [-0.39, 0.29) is 12.6 Å². The first-order valence-electron chi connectivity index (χ1n) is 6.24. The average molecular weight is 253 g/mol. The molecule has 5 heteroatoms. The number of likely N-dealkylation sites (N-methyl/N-ethyl adjacent to an activating group) is 1. The fraction of sp³-hybridized carbons (Fsp3) is 1.00. The summed E-state index contributed by atoms with van der Waals surface area (Å²) in [4.78, 5) is 0. The zero-order valence-corrected chi connectivity index (χ0v) is 10.5. The van der Waals surface area contributed by atoms with E-state index >= 15 is 0 Å². The van der Waals surface area contributed by atoms with Crippen molar-refractivity contribution in [1.82, 2.24) is 5.32 Å². The molecular weight excluding hydrogens is 231 g/mol. The van der Waals surface area contributed by atoms with E-state index in [0.29, 0.717) is 5.92 Å². The summed E-state index contributed by atoms with van der Waals surface area (Å²) >= 11 is 0. The van der Waals surface area contributed by atoms with Gasteiger partial charge in [-0.25, -0.2) is 0 Å². The minimum Gasteiger partial charge on any atom is -0.370 e. The van der Waals surface area contributed by atoms with Gasteiger partial charge in [0.25, 0.3) is 0 Å². The summed E-state index contributed by atoms with van der Waals surface area (Å²) < 4.78 is 40.6. The molecule has 0 aromatic carbocycles. The molecule has 0 bridgehead atoms. The second kappa shape index (κ2) is 6.59. The average Bonchev–Trinajstić information content (AvgIpc) is 2.24. The van der Waals surface area contributed by atoms with E-state index < -0.39 is 12.8 Å². The predicted octanol–water partition coefficient (Wildman–Crippen LogP) is 2.98. The van der Waals surface area contributed by atoms with Crippen molar-refractivity contribution in [3.05, 3.63) is 0 Å². The van der Waals surface area contributed by atoms with Gasteiger partial charge in [-0.3, -0.25) is 0 Å². The zero-order valence-electron chi connectivity index (χ0n) is 10.5. The molecule has 1 N–H and O–H groups in total. The summed E-state index contributed by atoms with van der Waals surface area (Å²) in [5.41, 5.74) is 0. The highest BCUT2D eigenvalue weighted by Crippen LogP contribution is 2.30. The molecule has 17 heavy (non-hydrogen) atoms. The molecule has 0 saturated heterocycles. The molecule has 0 aliphatic heterocycles. The molecule has 0 radical (unpaired) electrons. The van der Waals surface area contributed by atoms with Crippen LogP contribution in [-0.2, 0) is 4.74 Å². The second-order valence-electron chi connectivity index (χ2n) is 5.05. The Morgan fingerprint density at radius 1 is 1.24 bits per heavy atom. The maximum absolute atomic E-state index is 12.0. The summed E-state index contributed by atoms with van der Waals surface area (Å²) in [5, 5.41) is 3.08. The van der Waals surface area contributed by atoms with Gasteiger partial charge >= 0.3 is 6.18 Å². The molecule has 2 nitrogen and oxygen atoms in total. The predicted molar refractivity (Wildman–Crippen MR) is 60.8 cm³/mol. The molecule has 0 spiro atoms. The summed E-state index contributed by atoms with van der Waals surface area (Å²) in [5.74, 6) is 1.20. The standard InChI is InChI=1S/C12H22F3NO/c1-9-3-5-10(6-4-9)11(16-2)7-17-8-12(13,14)15/h9-11,16H,3-8H2,1-2H3. The van der Waals surface area contributed by atoms with Crippen molar-refractivity contribution in [3.63, 3.8) is 0 Å². The lowest BCUT2D eigenvalue weighted by Gasteiger charge is -2.32. The molecule has 1 fully saturated rings. The lowest BCUT2D eigenvalue weighted by atomic mass is 9.79. The number of rotatable bonds is 5. The van der Waals surface area contributed by atoms with Crippen molar-refractivity contribution in [3.8, 4) is 0 Å². The SMILES string of the molecule is CNC(COCC(F)(F)F)C1CCC(C)CC1. The number of alkyl halides is 3. The van der Waals surface area contributed by atoms with E-state index in [4.69, 9.17) is 4.74 Å². The van der Waals surface area contributed by atoms with E-state index in [2.05, 4.69) is 12.2 Å². The van der Waals surface area contributed by atoms with Gasteiger partial charge in [-0.1, -0.05) is 19.8 Å². The van der Waals surface area contributed by atoms with Crippen LogP contribution in [0.2, 0.25) is 0 Å². The molecule has 1 rings (SSSR count). The van der Waals surface area contributed by atoms with Gasteiger partial charge in [0.2, 0.25) is 0 Å². The van der Waals surface area contributed by atoms with Gasteiger partial charge in [-0.15, -0.1) is 0 Å². The first-order chi connectivity index (χ1) is 7.92. The summed E-state index contributed by atoms with van der Waals surface area (Å²) in [6.07, 6.45) is 0.285. The van der Waals surface area contributed by atoms with Crippen LogP contribution in [0, 0.1) is 11.8 Å². The van der Waals surface area contributed by atoms with E-state index in [1.54, 1.807) is 7.05 Å². The molecule has 1 saturated carbocycles. The molecule has 0 amide bonds. The fourth-order valence-corrected chi connectivity index (χ4v) is 2.44. The van der Waals surface area contributed by atoms with Crippen molar-refractivity contribution in [2.24, 2.45) is 11.8 Å². The molecule has 1 atom stereocenters. The van der Waals surface area contributed by atoms with Crippen LogP contribution in [0.25, 0.3) is 0 Å². The Balaban J connectivity index is 2.28. The van der Waals surface area contributed by atoms with Crippen molar-refractivity contribution >= 4 is 0 Å². The smallest absolute Gasteiger partial charge is 0.370 e. The number of hydrogen-bond donors (Lipinski definition) is 1. The Morgan fingerprint density at radius 2 is 1.82 bits per heavy atom. The number of ether oxygens (including phenoxy) is 1. The second-order valence-corrected chi connectivity index (χ2v) is 5.05. The van der Waals surface area contributed by atoms with Gasteiger partial charge in [0.05, 0.1) is 6.61 Å². The molecule has 0 heterocycles. The molecule has 102 valence electrons. The lowest BCUT2D eigenvalue weighted by molar-refractivity contribution is -0.176. The van der Waals surface area contributed by atoms with Crippen LogP contribution in [0.15, 0.2) is 0 Å². The monoisotopic (exact) mass is 253 g/mol. The fourth-order valence-electron chi connectivity index (χ4n) is 2.44. The largest absolute Gasteiger partial charge is 0.411 e. The van der Waals surface area contributed by atoms with Crippen LogP contribution in [-0.4, -0.2) is 32.5 Å². The van der Waals surface area contributed by atoms with E-state index in [1.807, 2.05) is 0 Å². The van der Waals surface area contributed by atoms with Gasteiger partial charge in [-0.2, -0.15) is 13.2 Å². The number of nitrogens with one attached hydrogen (secondary N) is 1. The Morgan fingerprint density at radius 3 is 2.29 bits per heavy atom. The maximum atomic E-state index is 12.0. The highest BCUT2D eigenvalue weighted by Gasteiger charge is 2.30. The topological polar surface area (TPSA) is 21.3 Å². The third-order valence-corrected chi connectivity index (χ3v) is 3.56. The van der Waals surface area contributed by atoms with E-state index in [0.717, 1.165) is 18.8 Å². The first-order valence-corrected chi connectivity index (χ1v) is 6.24. The number of halogens is 3. The highest BCUT2D eigenvalue weighted by atomic mass is 19.4. The van der Waals surface area contributed by atoms with Crippen LogP contribution in [0.1, 0.15) is 32.6 Å². The molecule has 0 aromatic heterocycles. The Bertz CT molecular complexity index is 212. The van der Waals surface area contributed by atoms with Crippen molar-refractivity contribution < 1.29 is 17.9 Å². The van der Waals surface area contributed by atoms with Gasteiger partial charge in [-0.05, 0) is 31.7 Å². The van der Waals surface area contributed by atoms with Gasteiger partial charge in [0.1, 0.15) is 6.61 Å². The summed E-state index contributed by atoms with van der Waals surface area (Å²) in [7, 11) is 1.79. The quantitative estimate of drug-likeness (QED) is 0.813. The lowest BCUT2D eigenvalue weighted by Crippen LogP contribution is -2.40. The summed E-state index contributed by atoms with van der Waals surface area (Å²) in [6.45, 7) is 1.23. The Labute approximate surface area is 101 Å². The van der Waals surface area contributed by atoms with Crippen molar-refractivity contribution in [2.75, 3.05) is 20.3 Å². The molecule has 1 aliphatic rings. The molecule has 1 aliphatic carbocycles. The van der Waals surface area contributed by atoms with Crippen LogP contribution < -0.4 is 5.32 Å². The van der Waals surface area contributed by atoms with Gasteiger partial charge < -0.3 is 10.1 Å². The van der Waals surface area contributed by atoms with Gasteiger partial charge in [0, 0.05) is 6.04 Å². The summed E-state index contributed by atoms with van der Waals surface area (Å²) in [6, 6.07) is 0.0462. The van der Waals surface area contributed by atoms with Crippen LogP contribution >= 0.6 is 0 Å². The van der Waals surface area contributed by atoms with Crippen LogP contribution in [0.5, 0.6) is 0 Å². The van der Waals surface area contributed by atoms with E-state index in [9.17, 15) is 13.2 Å². The Kier molecular flexibility index (Phi) is 5.73. The first kappa shape index (κ1) is 14.8. The minimum absolute atomic E-state index is 0.0462. The maximum Gasteiger partial charge on any atom is 0.411 e. The third-order valence-electron chi connectivity index (χ3n) is 3.56.